The maximum absolute atomic E-state index is 12.2. The summed E-state index contributed by atoms with van der Waals surface area (Å²) < 4.78 is 1.60. The zero-order chi connectivity index (χ0) is 14.5. The van der Waals surface area contributed by atoms with Crippen molar-refractivity contribution in [1.82, 2.24) is 4.57 Å². The van der Waals surface area contributed by atoms with Crippen LogP contribution in [-0.4, -0.2) is 10.5 Å². The maximum Gasteiger partial charge on any atom is 0.247 e. The van der Waals surface area contributed by atoms with Crippen LogP contribution in [-0.2, 0) is 4.79 Å². The van der Waals surface area contributed by atoms with Gasteiger partial charge in [0, 0.05) is 11.9 Å². The fourth-order valence-electron chi connectivity index (χ4n) is 1.87. The van der Waals surface area contributed by atoms with Crippen molar-refractivity contribution in [2.24, 2.45) is 0 Å². The number of rotatable bonds is 3. The Balaban J connectivity index is 2.16. The van der Waals surface area contributed by atoms with Crippen molar-refractivity contribution in [3.8, 4) is 12.1 Å². The topological polar surface area (TPSA) is 81.6 Å². The van der Waals surface area contributed by atoms with E-state index >= 15 is 0 Å². The molecule has 1 unspecified atom stereocenters. The smallest absolute Gasteiger partial charge is 0.247 e. The highest BCUT2D eigenvalue weighted by Crippen LogP contribution is 2.15. The summed E-state index contributed by atoms with van der Waals surface area (Å²) in [4.78, 5) is 12.2. The Morgan fingerprint density at radius 1 is 1.25 bits per heavy atom. The molecular weight excluding hydrogens is 252 g/mol. The van der Waals surface area contributed by atoms with E-state index in [9.17, 15) is 4.79 Å². The molecule has 0 bridgehead atoms. The molecule has 0 saturated carbocycles. The van der Waals surface area contributed by atoms with Crippen LogP contribution in [0.5, 0.6) is 0 Å². The maximum atomic E-state index is 12.2. The molecular formula is C15H12N4O. The first-order valence-electron chi connectivity index (χ1n) is 6.03. The summed E-state index contributed by atoms with van der Waals surface area (Å²) in [7, 11) is 0. The second-order valence-electron chi connectivity index (χ2n) is 4.27. The molecule has 1 aromatic carbocycles. The number of nitriles is 2. The SMILES string of the molecule is CC(C(=O)Nc1cccc(C#N)c1)n1cccc1C#N. The number of aromatic nitrogens is 1. The molecule has 5 nitrogen and oxygen atoms in total. The van der Waals surface area contributed by atoms with Gasteiger partial charge in [0.1, 0.15) is 17.8 Å². The monoisotopic (exact) mass is 264 g/mol. The largest absolute Gasteiger partial charge is 0.327 e. The van der Waals surface area contributed by atoms with E-state index in [2.05, 4.69) is 5.32 Å². The molecule has 0 fully saturated rings. The average molecular weight is 264 g/mol. The number of anilines is 1. The van der Waals surface area contributed by atoms with E-state index in [1.807, 2.05) is 12.1 Å². The Morgan fingerprint density at radius 2 is 2.05 bits per heavy atom. The van der Waals surface area contributed by atoms with Crippen LogP contribution in [0.3, 0.4) is 0 Å². The van der Waals surface area contributed by atoms with Crippen LogP contribution in [0, 0.1) is 22.7 Å². The number of nitrogens with zero attached hydrogens (tertiary/aromatic N) is 3. The number of hydrogen-bond donors (Lipinski definition) is 1. The fraction of sp³-hybridized carbons (Fsp3) is 0.133. The van der Waals surface area contributed by atoms with Crippen LogP contribution >= 0.6 is 0 Å². The molecule has 0 saturated heterocycles. The third-order valence-corrected chi connectivity index (χ3v) is 2.95. The highest BCUT2D eigenvalue weighted by molar-refractivity contribution is 5.93. The quantitative estimate of drug-likeness (QED) is 0.924. The second-order valence-corrected chi connectivity index (χ2v) is 4.27. The molecule has 2 rings (SSSR count). The Hall–Kier alpha value is -3.05. The molecule has 2 aromatic rings. The molecule has 5 heteroatoms. The van der Waals surface area contributed by atoms with Gasteiger partial charge in [-0.15, -0.1) is 0 Å². The van der Waals surface area contributed by atoms with Crippen molar-refractivity contribution in [3.05, 3.63) is 53.9 Å². The van der Waals surface area contributed by atoms with Crippen LogP contribution < -0.4 is 5.32 Å². The fourth-order valence-corrected chi connectivity index (χ4v) is 1.87. The number of amides is 1. The van der Waals surface area contributed by atoms with E-state index in [0.717, 1.165) is 0 Å². The minimum atomic E-state index is -0.509. The van der Waals surface area contributed by atoms with E-state index in [1.54, 1.807) is 54.1 Å². The number of nitrogens with one attached hydrogen (secondary N) is 1. The number of hydrogen-bond acceptors (Lipinski definition) is 3. The number of carbonyl (C=O) groups is 1. The Morgan fingerprint density at radius 3 is 2.75 bits per heavy atom. The van der Waals surface area contributed by atoms with Gasteiger partial charge in [-0.1, -0.05) is 6.07 Å². The summed E-state index contributed by atoms with van der Waals surface area (Å²) in [5.74, 6) is -0.243. The highest BCUT2D eigenvalue weighted by Gasteiger charge is 2.16. The van der Waals surface area contributed by atoms with Gasteiger partial charge in [0.2, 0.25) is 5.91 Å². The molecule has 98 valence electrons. The first kappa shape index (κ1) is 13.4. The van der Waals surface area contributed by atoms with Crippen molar-refractivity contribution in [2.45, 2.75) is 13.0 Å². The lowest BCUT2D eigenvalue weighted by molar-refractivity contribution is -0.118. The first-order valence-corrected chi connectivity index (χ1v) is 6.03. The van der Waals surface area contributed by atoms with Crippen molar-refractivity contribution < 1.29 is 4.79 Å². The normalized spacial score (nSPS) is 11.2. The van der Waals surface area contributed by atoms with Crippen molar-refractivity contribution in [3.63, 3.8) is 0 Å². The molecule has 0 aliphatic rings. The Labute approximate surface area is 116 Å². The van der Waals surface area contributed by atoms with Crippen LogP contribution in [0.2, 0.25) is 0 Å². The van der Waals surface area contributed by atoms with Gasteiger partial charge in [0.15, 0.2) is 0 Å². The predicted octanol–water partition coefficient (Wildman–Crippen LogP) is 2.43. The first-order chi connectivity index (χ1) is 9.65. The van der Waals surface area contributed by atoms with Crippen LogP contribution in [0.15, 0.2) is 42.6 Å². The summed E-state index contributed by atoms with van der Waals surface area (Å²) >= 11 is 0. The molecule has 0 aliphatic heterocycles. The van der Waals surface area contributed by atoms with Gasteiger partial charge >= 0.3 is 0 Å². The second kappa shape index (κ2) is 5.73. The lowest BCUT2D eigenvalue weighted by Crippen LogP contribution is -2.24. The summed E-state index contributed by atoms with van der Waals surface area (Å²) in [6.07, 6.45) is 1.69. The minimum Gasteiger partial charge on any atom is -0.327 e. The van der Waals surface area contributed by atoms with E-state index < -0.39 is 6.04 Å². The van der Waals surface area contributed by atoms with E-state index in [4.69, 9.17) is 10.5 Å². The summed E-state index contributed by atoms with van der Waals surface area (Å²) in [5, 5.41) is 20.5. The van der Waals surface area contributed by atoms with Gasteiger partial charge in [0.05, 0.1) is 11.6 Å². The molecule has 20 heavy (non-hydrogen) atoms. The predicted molar refractivity (Wildman–Crippen MR) is 73.6 cm³/mol. The molecule has 0 aliphatic carbocycles. The molecule has 1 atom stereocenters. The van der Waals surface area contributed by atoms with Gasteiger partial charge in [-0.25, -0.2) is 0 Å². The summed E-state index contributed by atoms with van der Waals surface area (Å²) in [5.41, 5.74) is 1.47. The number of carbonyl (C=O) groups excluding carboxylic acids is 1. The molecule has 0 spiro atoms. The van der Waals surface area contributed by atoms with Gasteiger partial charge < -0.3 is 9.88 Å². The molecule has 1 aromatic heterocycles. The van der Waals surface area contributed by atoms with E-state index in [-0.39, 0.29) is 5.91 Å². The van der Waals surface area contributed by atoms with Crippen LogP contribution in [0.1, 0.15) is 24.2 Å². The molecule has 1 heterocycles. The highest BCUT2D eigenvalue weighted by atomic mass is 16.2. The zero-order valence-corrected chi connectivity index (χ0v) is 10.9. The van der Waals surface area contributed by atoms with Crippen molar-refractivity contribution >= 4 is 11.6 Å². The van der Waals surface area contributed by atoms with Gasteiger partial charge in [-0.3, -0.25) is 4.79 Å². The summed E-state index contributed by atoms with van der Waals surface area (Å²) in [6.45, 7) is 1.71. The average Bonchev–Trinajstić information content (AvgIpc) is 2.95. The molecule has 0 radical (unpaired) electrons. The number of benzene rings is 1. The molecule has 1 N–H and O–H groups in total. The lowest BCUT2D eigenvalue weighted by atomic mass is 10.2. The third kappa shape index (κ3) is 2.68. The van der Waals surface area contributed by atoms with Gasteiger partial charge in [-0.05, 0) is 37.3 Å². The lowest BCUT2D eigenvalue weighted by Gasteiger charge is -2.15. The Kier molecular flexibility index (Phi) is 3.83. The standard InChI is InChI=1S/C15H12N4O/c1-11(19-7-3-6-14(19)10-17)15(20)18-13-5-2-4-12(8-13)9-16/h2-8,11H,1H3,(H,18,20). The van der Waals surface area contributed by atoms with Gasteiger partial charge in [-0.2, -0.15) is 10.5 Å². The van der Waals surface area contributed by atoms with Crippen molar-refractivity contribution in [1.29, 1.82) is 10.5 Å². The Bertz CT molecular complexity index is 718. The minimum absolute atomic E-state index is 0.243. The van der Waals surface area contributed by atoms with Crippen LogP contribution in [0.4, 0.5) is 5.69 Å². The summed E-state index contributed by atoms with van der Waals surface area (Å²) in [6, 6.07) is 13.6. The third-order valence-electron chi connectivity index (χ3n) is 2.95. The molecule has 1 amide bonds. The van der Waals surface area contributed by atoms with E-state index in [1.165, 1.54) is 0 Å². The van der Waals surface area contributed by atoms with Crippen molar-refractivity contribution in [2.75, 3.05) is 5.32 Å². The van der Waals surface area contributed by atoms with Gasteiger partial charge in [0.25, 0.3) is 0 Å². The van der Waals surface area contributed by atoms with E-state index in [0.29, 0.717) is 16.9 Å². The zero-order valence-electron chi connectivity index (χ0n) is 10.9. The van der Waals surface area contributed by atoms with Crippen LogP contribution in [0.25, 0.3) is 0 Å².